The van der Waals surface area contributed by atoms with Crippen molar-refractivity contribution in [1.29, 1.82) is 0 Å². The number of aromatic nitrogens is 5. The summed E-state index contributed by atoms with van der Waals surface area (Å²) in [6.07, 6.45) is 0. The van der Waals surface area contributed by atoms with Crippen molar-refractivity contribution >= 4 is 40.6 Å². The van der Waals surface area contributed by atoms with Crippen LogP contribution < -0.4 is 20.6 Å². The largest absolute Gasteiger partial charge is 0.454 e. The minimum Gasteiger partial charge on any atom is -0.454 e. The Morgan fingerprint density at radius 2 is 1.94 bits per heavy atom. The van der Waals surface area contributed by atoms with Gasteiger partial charge in [0.2, 0.25) is 18.4 Å². The Bertz CT molecular complexity index is 1450. The van der Waals surface area contributed by atoms with Crippen LogP contribution in [0.2, 0.25) is 10.0 Å². The van der Waals surface area contributed by atoms with E-state index < -0.39 is 5.91 Å². The van der Waals surface area contributed by atoms with Crippen LogP contribution >= 0.6 is 23.2 Å². The van der Waals surface area contributed by atoms with Crippen molar-refractivity contribution in [2.75, 3.05) is 12.5 Å². The molecule has 0 saturated carbocycles. The van der Waals surface area contributed by atoms with E-state index in [1.165, 1.54) is 4.68 Å². The molecule has 3 heterocycles. The molecule has 1 amide bonds. The number of amides is 1. The van der Waals surface area contributed by atoms with Crippen LogP contribution in [0.5, 0.6) is 11.5 Å². The number of halogens is 2. The summed E-state index contributed by atoms with van der Waals surface area (Å²) >= 11 is 12.2. The van der Waals surface area contributed by atoms with E-state index in [1.807, 2.05) is 0 Å². The number of nitrogens with one attached hydrogen (secondary N) is 1. The fourth-order valence-electron chi connectivity index (χ4n) is 3.20. The van der Waals surface area contributed by atoms with Crippen molar-refractivity contribution in [2.45, 2.75) is 6.92 Å². The molecule has 0 radical (unpaired) electrons. The number of nitrogens with two attached hydrogens (primary N) is 1. The molecule has 2 aromatic carbocycles. The van der Waals surface area contributed by atoms with E-state index in [0.717, 1.165) is 5.56 Å². The number of benzene rings is 2. The van der Waals surface area contributed by atoms with Crippen molar-refractivity contribution < 1.29 is 18.9 Å². The summed E-state index contributed by atoms with van der Waals surface area (Å²) in [6, 6.07) is 10.1. The molecule has 34 heavy (non-hydrogen) atoms. The van der Waals surface area contributed by atoms with Crippen LogP contribution in [0.3, 0.4) is 0 Å². The van der Waals surface area contributed by atoms with Crippen LogP contribution in [0.1, 0.15) is 23.0 Å². The van der Waals surface area contributed by atoms with E-state index in [0.29, 0.717) is 27.8 Å². The van der Waals surface area contributed by atoms with Crippen LogP contribution in [0.25, 0.3) is 17.1 Å². The van der Waals surface area contributed by atoms with Crippen molar-refractivity contribution in [2.24, 2.45) is 5.10 Å². The van der Waals surface area contributed by atoms with Gasteiger partial charge < -0.3 is 15.2 Å². The molecule has 1 aliphatic rings. The summed E-state index contributed by atoms with van der Waals surface area (Å²) in [7, 11) is 0. The predicted octanol–water partition coefficient (Wildman–Crippen LogP) is 3.09. The average molecular weight is 501 g/mol. The molecule has 0 atom stereocenters. The molecular formula is C20H14Cl2N8O4. The van der Waals surface area contributed by atoms with Gasteiger partial charge in [0.05, 0.1) is 15.8 Å². The number of ether oxygens (including phenoxy) is 2. The van der Waals surface area contributed by atoms with Crippen LogP contribution in [0.15, 0.2) is 46.1 Å². The van der Waals surface area contributed by atoms with Gasteiger partial charge in [0.1, 0.15) is 5.69 Å². The lowest BCUT2D eigenvalue weighted by atomic mass is 10.1. The molecule has 0 unspecified atom stereocenters. The van der Waals surface area contributed by atoms with Gasteiger partial charge in [-0.3, -0.25) is 4.79 Å². The highest BCUT2D eigenvalue weighted by Gasteiger charge is 2.26. The van der Waals surface area contributed by atoms with Crippen LogP contribution in [0, 0.1) is 0 Å². The standard InChI is InChI=1S/C20H14Cl2N8O4/c1-9(10-3-5-14-15(7-10)33-8-32-14)24-26-20(31)16-17(11-2-4-12(21)13(22)6-11)30(29-25-16)19-18(23)27-34-28-19/h2-7H,8H2,1H3,(H2,23,27)(H,26,31)/b24-9-. The van der Waals surface area contributed by atoms with Gasteiger partial charge in [0, 0.05) is 11.1 Å². The van der Waals surface area contributed by atoms with Gasteiger partial charge in [0.25, 0.3) is 5.91 Å². The van der Waals surface area contributed by atoms with E-state index in [1.54, 1.807) is 43.3 Å². The van der Waals surface area contributed by atoms with Crippen LogP contribution in [-0.4, -0.2) is 43.7 Å². The van der Waals surface area contributed by atoms with Crippen molar-refractivity contribution in [3.63, 3.8) is 0 Å². The van der Waals surface area contributed by atoms with Crippen LogP contribution in [-0.2, 0) is 0 Å². The highest BCUT2D eigenvalue weighted by molar-refractivity contribution is 6.42. The summed E-state index contributed by atoms with van der Waals surface area (Å²) in [4.78, 5) is 13.1. The molecule has 0 bridgehead atoms. The van der Waals surface area contributed by atoms with E-state index in [2.05, 4.69) is 35.8 Å². The van der Waals surface area contributed by atoms with Gasteiger partial charge in [-0.1, -0.05) is 34.5 Å². The molecule has 1 aliphatic heterocycles. The molecule has 0 spiro atoms. The molecule has 0 fully saturated rings. The fraction of sp³-hybridized carbons (Fsp3) is 0.100. The molecular weight excluding hydrogens is 487 g/mol. The molecule has 0 saturated heterocycles. The van der Waals surface area contributed by atoms with E-state index >= 15 is 0 Å². The Kier molecular flexibility index (Phi) is 5.51. The van der Waals surface area contributed by atoms with Crippen molar-refractivity contribution in [3.05, 3.63) is 57.7 Å². The van der Waals surface area contributed by atoms with E-state index in [-0.39, 0.29) is 34.8 Å². The SMILES string of the molecule is C/C(=N/NC(=O)c1nnn(-c2nonc2N)c1-c1ccc(Cl)c(Cl)c1)c1ccc2c(c1)OCO2. The Balaban J connectivity index is 1.50. The van der Waals surface area contributed by atoms with E-state index in [9.17, 15) is 4.79 Å². The molecule has 5 rings (SSSR count). The smallest absolute Gasteiger partial charge is 0.294 e. The fourth-order valence-corrected chi connectivity index (χ4v) is 3.50. The first kappa shape index (κ1) is 21.7. The zero-order chi connectivity index (χ0) is 23.8. The normalized spacial score (nSPS) is 12.7. The maximum atomic E-state index is 13.1. The lowest BCUT2D eigenvalue weighted by Crippen LogP contribution is -2.21. The number of anilines is 1. The number of carbonyl (C=O) groups is 1. The number of rotatable bonds is 5. The minimum absolute atomic E-state index is 0.0464. The number of nitrogen functional groups attached to an aromatic ring is 1. The topological polar surface area (TPSA) is 156 Å². The van der Waals surface area contributed by atoms with Gasteiger partial charge in [-0.25, -0.2) is 10.1 Å². The lowest BCUT2D eigenvalue weighted by molar-refractivity contribution is 0.0950. The first-order chi connectivity index (χ1) is 16.4. The van der Waals surface area contributed by atoms with Gasteiger partial charge in [-0.05, 0) is 47.6 Å². The number of fused-ring (bicyclic) bond motifs is 1. The third kappa shape index (κ3) is 3.89. The van der Waals surface area contributed by atoms with E-state index in [4.69, 9.17) is 38.4 Å². The number of hydrogen-bond donors (Lipinski definition) is 2. The second-order valence-electron chi connectivity index (χ2n) is 7.01. The third-order valence-electron chi connectivity index (χ3n) is 4.89. The summed E-state index contributed by atoms with van der Waals surface area (Å²) in [6.45, 7) is 1.89. The summed E-state index contributed by atoms with van der Waals surface area (Å²) in [5.41, 5.74) is 10.2. The van der Waals surface area contributed by atoms with Crippen molar-refractivity contribution in [3.8, 4) is 28.6 Å². The number of nitrogens with zero attached hydrogens (tertiary/aromatic N) is 6. The summed E-state index contributed by atoms with van der Waals surface area (Å²) < 4.78 is 16.6. The summed E-state index contributed by atoms with van der Waals surface area (Å²) in [5.74, 6) is 0.608. The quantitative estimate of drug-likeness (QED) is 0.310. The molecule has 0 aliphatic carbocycles. The number of hydrazone groups is 1. The lowest BCUT2D eigenvalue weighted by Gasteiger charge is -2.07. The molecule has 2 aromatic heterocycles. The zero-order valence-electron chi connectivity index (χ0n) is 17.3. The first-order valence-electron chi connectivity index (χ1n) is 9.66. The van der Waals surface area contributed by atoms with Gasteiger partial charge >= 0.3 is 0 Å². The number of carbonyl (C=O) groups excluding carboxylic acids is 1. The van der Waals surface area contributed by atoms with Gasteiger partial charge in [-0.15, -0.1) is 5.10 Å². The Morgan fingerprint density at radius 3 is 2.71 bits per heavy atom. The highest BCUT2D eigenvalue weighted by atomic mass is 35.5. The van der Waals surface area contributed by atoms with Crippen LogP contribution in [0.4, 0.5) is 5.82 Å². The highest BCUT2D eigenvalue weighted by Crippen LogP contribution is 2.33. The average Bonchev–Trinajstić information content (AvgIpc) is 3.57. The molecule has 12 nitrogen and oxygen atoms in total. The van der Waals surface area contributed by atoms with Crippen molar-refractivity contribution in [1.82, 2.24) is 30.7 Å². The zero-order valence-corrected chi connectivity index (χ0v) is 18.8. The Hall–Kier alpha value is -4.16. The maximum absolute atomic E-state index is 13.1. The second kappa shape index (κ2) is 8.65. The Labute approximate surface area is 201 Å². The maximum Gasteiger partial charge on any atom is 0.294 e. The third-order valence-corrected chi connectivity index (χ3v) is 5.63. The molecule has 14 heteroatoms. The summed E-state index contributed by atoms with van der Waals surface area (Å²) in [5, 5.41) is 20.1. The minimum atomic E-state index is -0.637. The molecule has 3 N–H and O–H groups in total. The number of hydrogen-bond acceptors (Lipinski definition) is 10. The Morgan fingerprint density at radius 1 is 1.12 bits per heavy atom. The second-order valence-corrected chi connectivity index (χ2v) is 7.82. The van der Waals surface area contributed by atoms with Gasteiger partial charge in [-0.2, -0.15) is 9.78 Å². The molecule has 172 valence electrons. The van der Waals surface area contributed by atoms with Gasteiger partial charge in [0.15, 0.2) is 17.2 Å². The predicted molar refractivity (Wildman–Crippen MR) is 121 cm³/mol. The molecule has 4 aromatic rings. The monoisotopic (exact) mass is 500 g/mol. The first-order valence-corrected chi connectivity index (χ1v) is 10.4.